The van der Waals surface area contributed by atoms with Crippen molar-refractivity contribution >= 4 is 39.9 Å². The number of quaternary nitrogens is 1. The molecule has 1 saturated heterocycles. The predicted molar refractivity (Wildman–Crippen MR) is 88.3 cm³/mol. The molecule has 0 saturated carbocycles. The molecule has 0 aliphatic carbocycles. The number of rotatable bonds is 3. The summed E-state index contributed by atoms with van der Waals surface area (Å²) in [6.45, 7) is 3.96. The quantitative estimate of drug-likeness (QED) is 0.798. The van der Waals surface area contributed by atoms with Crippen LogP contribution in [0.4, 0.5) is 10.1 Å². The molecule has 1 fully saturated rings. The molecule has 2 N–H and O–H groups in total. The van der Waals surface area contributed by atoms with Crippen molar-refractivity contribution in [1.29, 1.82) is 0 Å². The average molecular weight is 328 g/mol. The molecular formula is C14H19FN3OS2+. The second kappa shape index (κ2) is 7.72. The maximum atomic E-state index is 13.4. The van der Waals surface area contributed by atoms with E-state index in [2.05, 4.69) is 17.3 Å². The molecule has 1 amide bonds. The fourth-order valence-electron chi connectivity index (χ4n) is 2.04. The van der Waals surface area contributed by atoms with Gasteiger partial charge >= 0.3 is 0 Å². The molecular weight excluding hydrogens is 309 g/mol. The molecule has 0 bridgehead atoms. The number of nitrogens with zero attached hydrogens (tertiary/aromatic N) is 1. The third kappa shape index (κ3) is 4.94. The first-order valence-corrected chi connectivity index (χ1v) is 8.23. The SMILES string of the molecule is C[NH+]1CCN(C(=S)SCC(=O)Nc2ccccc2F)CC1. The molecule has 0 radical (unpaired) electrons. The van der Waals surface area contributed by atoms with E-state index in [0.717, 1.165) is 30.5 Å². The Bertz CT molecular complexity index is 519. The summed E-state index contributed by atoms with van der Waals surface area (Å²) in [5.41, 5.74) is 0.206. The van der Waals surface area contributed by atoms with E-state index in [0.29, 0.717) is 0 Å². The summed E-state index contributed by atoms with van der Waals surface area (Å²) in [6.07, 6.45) is 0. The number of hydrogen-bond donors (Lipinski definition) is 2. The number of likely N-dealkylation sites (N-methyl/N-ethyl adjacent to an activating group) is 1. The minimum atomic E-state index is -0.430. The standard InChI is InChI=1S/C14H18FN3OS2/c1-17-6-8-18(9-7-17)14(20)21-10-13(19)16-12-5-3-2-4-11(12)15/h2-5H,6-10H2,1H3,(H,16,19)/p+1. The van der Waals surface area contributed by atoms with Gasteiger partial charge in [0, 0.05) is 0 Å². The average Bonchev–Trinajstić information content (AvgIpc) is 2.48. The van der Waals surface area contributed by atoms with Crippen LogP contribution in [0.2, 0.25) is 0 Å². The van der Waals surface area contributed by atoms with Crippen molar-refractivity contribution in [3.63, 3.8) is 0 Å². The summed E-state index contributed by atoms with van der Waals surface area (Å²) >= 11 is 6.68. The zero-order valence-electron chi connectivity index (χ0n) is 11.9. The number of piperazine rings is 1. The smallest absolute Gasteiger partial charge is 0.234 e. The van der Waals surface area contributed by atoms with Gasteiger partial charge in [0.05, 0.1) is 44.7 Å². The lowest BCUT2D eigenvalue weighted by Crippen LogP contribution is -3.12. The van der Waals surface area contributed by atoms with Gasteiger partial charge in [0.2, 0.25) is 5.91 Å². The van der Waals surface area contributed by atoms with Gasteiger partial charge in [-0.3, -0.25) is 4.79 Å². The van der Waals surface area contributed by atoms with Crippen LogP contribution in [0.15, 0.2) is 24.3 Å². The highest BCUT2D eigenvalue weighted by Crippen LogP contribution is 2.14. The van der Waals surface area contributed by atoms with Crippen LogP contribution in [0, 0.1) is 5.82 Å². The Morgan fingerprint density at radius 3 is 2.76 bits per heavy atom. The van der Waals surface area contributed by atoms with Gasteiger partial charge in [-0.05, 0) is 12.1 Å². The largest absolute Gasteiger partial charge is 0.346 e. The number of nitrogens with one attached hydrogen (secondary N) is 2. The zero-order valence-corrected chi connectivity index (χ0v) is 13.5. The number of halogens is 1. The van der Waals surface area contributed by atoms with Gasteiger partial charge in [-0.2, -0.15) is 0 Å². The monoisotopic (exact) mass is 328 g/mol. The van der Waals surface area contributed by atoms with Crippen molar-refractivity contribution in [3.05, 3.63) is 30.1 Å². The molecule has 114 valence electrons. The van der Waals surface area contributed by atoms with Gasteiger partial charge in [0.15, 0.2) is 0 Å². The molecule has 4 nitrogen and oxygen atoms in total. The topological polar surface area (TPSA) is 36.8 Å². The van der Waals surface area contributed by atoms with Crippen LogP contribution in [-0.4, -0.2) is 54.1 Å². The maximum absolute atomic E-state index is 13.4. The third-order valence-electron chi connectivity index (χ3n) is 3.35. The second-order valence-corrected chi connectivity index (χ2v) is 6.64. The molecule has 1 aromatic rings. The van der Waals surface area contributed by atoms with Gasteiger partial charge in [-0.15, -0.1) is 0 Å². The van der Waals surface area contributed by atoms with E-state index in [1.165, 1.54) is 22.7 Å². The molecule has 0 atom stereocenters. The Morgan fingerprint density at radius 1 is 1.43 bits per heavy atom. The number of para-hydroxylation sites is 1. The molecule has 1 aromatic carbocycles. The highest BCUT2D eigenvalue weighted by molar-refractivity contribution is 8.23. The normalized spacial score (nSPS) is 15.8. The van der Waals surface area contributed by atoms with E-state index in [1.807, 2.05) is 0 Å². The molecule has 0 spiro atoms. The van der Waals surface area contributed by atoms with Crippen LogP contribution in [0.1, 0.15) is 0 Å². The summed E-state index contributed by atoms with van der Waals surface area (Å²) in [4.78, 5) is 15.4. The summed E-state index contributed by atoms with van der Waals surface area (Å²) in [7, 11) is 2.16. The first-order chi connectivity index (χ1) is 10.1. The van der Waals surface area contributed by atoms with Crippen LogP contribution in [-0.2, 0) is 4.79 Å². The van der Waals surface area contributed by atoms with Crippen molar-refractivity contribution in [2.24, 2.45) is 0 Å². The van der Waals surface area contributed by atoms with E-state index < -0.39 is 5.82 Å². The van der Waals surface area contributed by atoms with Crippen molar-refractivity contribution in [3.8, 4) is 0 Å². The number of hydrogen-bond acceptors (Lipinski definition) is 3. The summed E-state index contributed by atoms with van der Waals surface area (Å²) < 4.78 is 14.2. The van der Waals surface area contributed by atoms with Crippen LogP contribution in [0.5, 0.6) is 0 Å². The Kier molecular flexibility index (Phi) is 5.96. The summed E-state index contributed by atoms with van der Waals surface area (Å²) in [5, 5.41) is 2.56. The first kappa shape index (κ1) is 16.2. The zero-order chi connectivity index (χ0) is 15.2. The molecule has 0 unspecified atom stereocenters. The summed E-state index contributed by atoms with van der Waals surface area (Å²) in [5.74, 6) is -0.473. The van der Waals surface area contributed by atoms with Gasteiger partial charge < -0.3 is 15.1 Å². The minimum absolute atomic E-state index is 0.201. The van der Waals surface area contributed by atoms with Crippen molar-refractivity contribution in [2.75, 3.05) is 44.3 Å². The molecule has 1 aliphatic rings. The van der Waals surface area contributed by atoms with Gasteiger partial charge in [-0.1, -0.05) is 36.1 Å². The van der Waals surface area contributed by atoms with Crippen molar-refractivity contribution in [1.82, 2.24) is 4.90 Å². The lowest BCUT2D eigenvalue weighted by atomic mass is 10.3. The van der Waals surface area contributed by atoms with Crippen LogP contribution < -0.4 is 10.2 Å². The molecule has 1 aliphatic heterocycles. The van der Waals surface area contributed by atoms with E-state index >= 15 is 0 Å². The Balaban J connectivity index is 1.76. The first-order valence-electron chi connectivity index (χ1n) is 6.83. The van der Waals surface area contributed by atoms with E-state index in [1.54, 1.807) is 18.2 Å². The number of benzene rings is 1. The van der Waals surface area contributed by atoms with Crippen molar-refractivity contribution < 1.29 is 14.1 Å². The number of carbonyl (C=O) groups excluding carboxylic acids is 1. The molecule has 21 heavy (non-hydrogen) atoms. The number of amides is 1. The van der Waals surface area contributed by atoms with Gasteiger partial charge in [0.1, 0.15) is 10.1 Å². The van der Waals surface area contributed by atoms with Gasteiger partial charge in [0.25, 0.3) is 0 Å². The Morgan fingerprint density at radius 2 is 2.10 bits per heavy atom. The van der Waals surface area contributed by atoms with E-state index in [9.17, 15) is 9.18 Å². The number of anilines is 1. The minimum Gasteiger partial charge on any atom is -0.346 e. The molecule has 1 heterocycles. The van der Waals surface area contributed by atoms with Crippen LogP contribution in [0.3, 0.4) is 0 Å². The fraction of sp³-hybridized carbons (Fsp3) is 0.429. The van der Waals surface area contributed by atoms with Crippen molar-refractivity contribution in [2.45, 2.75) is 0 Å². The van der Waals surface area contributed by atoms with Gasteiger partial charge in [-0.25, -0.2) is 4.39 Å². The Labute approximate surface area is 133 Å². The van der Waals surface area contributed by atoms with E-state index in [4.69, 9.17) is 12.2 Å². The molecule has 7 heteroatoms. The second-order valence-electron chi connectivity index (χ2n) is 5.03. The van der Waals surface area contributed by atoms with Crippen LogP contribution >= 0.6 is 24.0 Å². The molecule has 2 rings (SSSR count). The highest BCUT2D eigenvalue weighted by atomic mass is 32.2. The Hall–Kier alpha value is -1.18. The number of carbonyl (C=O) groups is 1. The summed E-state index contributed by atoms with van der Waals surface area (Å²) in [6, 6.07) is 6.13. The highest BCUT2D eigenvalue weighted by Gasteiger charge is 2.19. The predicted octanol–water partition coefficient (Wildman–Crippen LogP) is 0.613. The van der Waals surface area contributed by atoms with Crippen LogP contribution in [0.25, 0.3) is 0 Å². The lowest BCUT2D eigenvalue weighted by molar-refractivity contribution is -0.883. The lowest BCUT2D eigenvalue weighted by Gasteiger charge is -2.31. The maximum Gasteiger partial charge on any atom is 0.234 e. The number of thiocarbonyl (C=S) groups is 1. The third-order valence-corrected chi connectivity index (χ3v) is 4.87. The number of thioether (sulfide) groups is 1. The van der Waals surface area contributed by atoms with E-state index in [-0.39, 0.29) is 17.3 Å². The molecule has 0 aromatic heterocycles. The fourth-order valence-corrected chi connectivity index (χ4v) is 3.09.